The molecule has 4 rings (SSSR count). The Hall–Kier alpha value is -2.67. The van der Waals surface area contributed by atoms with Crippen LogP contribution in [0.15, 0.2) is 36.5 Å². The van der Waals surface area contributed by atoms with Gasteiger partial charge in [-0.05, 0) is 24.3 Å². The van der Waals surface area contributed by atoms with E-state index in [2.05, 4.69) is 37.4 Å². The number of aromatic nitrogens is 4. The van der Waals surface area contributed by atoms with Gasteiger partial charge in [0, 0.05) is 31.9 Å². The van der Waals surface area contributed by atoms with Crippen LogP contribution in [0.4, 0.5) is 11.8 Å². The predicted molar refractivity (Wildman–Crippen MR) is 88.8 cm³/mol. The third-order valence-corrected chi connectivity index (χ3v) is 3.96. The summed E-state index contributed by atoms with van der Waals surface area (Å²) in [6.45, 7) is 3.29. The van der Waals surface area contributed by atoms with Crippen LogP contribution in [0.2, 0.25) is 0 Å². The van der Waals surface area contributed by atoms with Gasteiger partial charge in [-0.25, -0.2) is 9.50 Å². The number of nitrogens with one attached hydrogen (secondary N) is 1. The lowest BCUT2D eigenvalue weighted by Crippen LogP contribution is -2.36. The quantitative estimate of drug-likeness (QED) is 0.794. The van der Waals surface area contributed by atoms with E-state index in [-0.39, 0.29) is 0 Å². The summed E-state index contributed by atoms with van der Waals surface area (Å²) in [6, 6.07) is 10.1. The van der Waals surface area contributed by atoms with Crippen molar-refractivity contribution < 1.29 is 4.74 Å². The summed E-state index contributed by atoms with van der Waals surface area (Å²) in [5, 5.41) is 7.43. The Bertz CT molecular complexity index is 807. The van der Waals surface area contributed by atoms with Crippen LogP contribution in [0, 0.1) is 0 Å². The molecule has 0 bridgehead atoms. The predicted octanol–water partition coefficient (Wildman–Crippen LogP) is 1.67. The largest absolute Gasteiger partial charge is 0.378 e. The molecule has 1 aliphatic heterocycles. The second-order valence-corrected chi connectivity index (χ2v) is 5.37. The standard InChI is InChI=1S/C16H18N6O/c1-17-16-19-15-4-2-3-13(22(15)20-16)12-5-6-14(18-11-12)21-7-9-23-10-8-21/h2-6,11H,7-10H2,1H3,(H,17,20). The zero-order valence-corrected chi connectivity index (χ0v) is 12.9. The van der Waals surface area contributed by atoms with Gasteiger partial charge in [-0.3, -0.25) is 0 Å². The fourth-order valence-electron chi connectivity index (χ4n) is 2.75. The first-order chi connectivity index (χ1) is 11.3. The van der Waals surface area contributed by atoms with Crippen LogP contribution < -0.4 is 10.2 Å². The number of rotatable bonds is 3. The number of pyridine rings is 2. The van der Waals surface area contributed by atoms with E-state index in [0.717, 1.165) is 49.0 Å². The van der Waals surface area contributed by atoms with E-state index >= 15 is 0 Å². The van der Waals surface area contributed by atoms with Crippen molar-refractivity contribution in [2.75, 3.05) is 43.6 Å². The van der Waals surface area contributed by atoms with Crippen molar-refractivity contribution in [2.45, 2.75) is 0 Å². The van der Waals surface area contributed by atoms with Crippen molar-refractivity contribution in [3.63, 3.8) is 0 Å². The molecule has 7 heteroatoms. The summed E-state index contributed by atoms with van der Waals surface area (Å²) in [6.07, 6.45) is 1.89. The molecule has 0 aromatic carbocycles. The number of anilines is 2. The molecule has 0 aliphatic carbocycles. The van der Waals surface area contributed by atoms with Crippen molar-refractivity contribution in [3.05, 3.63) is 36.5 Å². The highest BCUT2D eigenvalue weighted by molar-refractivity contribution is 5.64. The summed E-state index contributed by atoms with van der Waals surface area (Å²) in [5.41, 5.74) is 2.79. The van der Waals surface area contributed by atoms with Gasteiger partial charge < -0.3 is 15.0 Å². The number of morpholine rings is 1. The lowest BCUT2D eigenvalue weighted by Gasteiger charge is -2.27. The molecule has 23 heavy (non-hydrogen) atoms. The molecule has 0 amide bonds. The third kappa shape index (κ3) is 2.59. The van der Waals surface area contributed by atoms with Gasteiger partial charge in [0.25, 0.3) is 0 Å². The average Bonchev–Trinajstić information content (AvgIpc) is 3.06. The van der Waals surface area contributed by atoms with Crippen LogP contribution in [-0.2, 0) is 4.74 Å². The maximum absolute atomic E-state index is 5.38. The highest BCUT2D eigenvalue weighted by atomic mass is 16.5. The molecule has 0 atom stereocenters. The molecular formula is C16H18N6O. The summed E-state index contributed by atoms with van der Waals surface area (Å²) in [4.78, 5) is 11.3. The molecule has 118 valence electrons. The van der Waals surface area contributed by atoms with Crippen LogP contribution >= 0.6 is 0 Å². The zero-order valence-electron chi connectivity index (χ0n) is 12.9. The van der Waals surface area contributed by atoms with E-state index in [1.54, 1.807) is 0 Å². The number of hydrogen-bond acceptors (Lipinski definition) is 6. The first kappa shape index (κ1) is 14.0. The van der Waals surface area contributed by atoms with Crippen molar-refractivity contribution >= 4 is 17.4 Å². The molecule has 7 nitrogen and oxygen atoms in total. The second kappa shape index (κ2) is 5.85. The van der Waals surface area contributed by atoms with E-state index in [1.807, 2.05) is 36.0 Å². The number of fused-ring (bicyclic) bond motifs is 1. The topological polar surface area (TPSA) is 67.6 Å². The van der Waals surface area contributed by atoms with E-state index in [9.17, 15) is 0 Å². The molecule has 0 saturated carbocycles. The lowest BCUT2D eigenvalue weighted by atomic mass is 10.2. The SMILES string of the molecule is CNc1nc2cccc(-c3ccc(N4CCOCC4)nc3)n2n1. The van der Waals surface area contributed by atoms with Crippen molar-refractivity contribution in [1.82, 2.24) is 19.6 Å². The first-order valence-corrected chi connectivity index (χ1v) is 7.68. The minimum absolute atomic E-state index is 0.607. The molecule has 1 aliphatic rings. The molecule has 0 spiro atoms. The average molecular weight is 310 g/mol. The monoisotopic (exact) mass is 310 g/mol. The molecule has 1 saturated heterocycles. The highest BCUT2D eigenvalue weighted by Gasteiger charge is 2.13. The van der Waals surface area contributed by atoms with Crippen LogP contribution in [0.1, 0.15) is 0 Å². The number of hydrogen-bond donors (Lipinski definition) is 1. The van der Waals surface area contributed by atoms with Crippen LogP contribution in [0.25, 0.3) is 16.9 Å². The van der Waals surface area contributed by atoms with E-state index in [0.29, 0.717) is 5.95 Å². The summed E-state index contributed by atoms with van der Waals surface area (Å²) < 4.78 is 7.21. The maximum Gasteiger partial charge on any atom is 0.242 e. The van der Waals surface area contributed by atoms with Crippen molar-refractivity contribution in [3.8, 4) is 11.3 Å². The Morgan fingerprint density at radius 2 is 2.00 bits per heavy atom. The molecule has 4 heterocycles. The number of nitrogens with zero attached hydrogens (tertiary/aromatic N) is 5. The Balaban J connectivity index is 1.69. The fourth-order valence-corrected chi connectivity index (χ4v) is 2.75. The molecule has 1 N–H and O–H groups in total. The van der Waals surface area contributed by atoms with E-state index in [1.165, 1.54) is 0 Å². The molecule has 3 aromatic heterocycles. The second-order valence-electron chi connectivity index (χ2n) is 5.37. The molecular weight excluding hydrogens is 292 g/mol. The van der Waals surface area contributed by atoms with Gasteiger partial charge >= 0.3 is 0 Å². The Labute approximate surface area is 133 Å². The Morgan fingerprint density at radius 3 is 2.74 bits per heavy atom. The third-order valence-electron chi connectivity index (χ3n) is 3.96. The zero-order chi connectivity index (χ0) is 15.6. The minimum Gasteiger partial charge on any atom is -0.378 e. The van der Waals surface area contributed by atoms with Gasteiger partial charge in [-0.15, -0.1) is 5.10 Å². The van der Waals surface area contributed by atoms with Crippen molar-refractivity contribution in [1.29, 1.82) is 0 Å². The molecule has 0 unspecified atom stereocenters. The summed E-state index contributed by atoms with van der Waals surface area (Å²) in [7, 11) is 1.81. The van der Waals surface area contributed by atoms with Crippen LogP contribution in [0.5, 0.6) is 0 Å². The maximum atomic E-state index is 5.38. The lowest BCUT2D eigenvalue weighted by molar-refractivity contribution is 0.122. The van der Waals surface area contributed by atoms with Crippen LogP contribution in [-0.4, -0.2) is 52.9 Å². The van der Waals surface area contributed by atoms with Gasteiger partial charge in [0.1, 0.15) is 5.82 Å². The van der Waals surface area contributed by atoms with Gasteiger partial charge in [0.05, 0.1) is 18.9 Å². The van der Waals surface area contributed by atoms with Crippen molar-refractivity contribution in [2.24, 2.45) is 0 Å². The normalized spacial score (nSPS) is 15.1. The fraction of sp³-hybridized carbons (Fsp3) is 0.312. The van der Waals surface area contributed by atoms with E-state index < -0.39 is 0 Å². The van der Waals surface area contributed by atoms with E-state index in [4.69, 9.17) is 4.74 Å². The smallest absolute Gasteiger partial charge is 0.242 e. The van der Waals surface area contributed by atoms with Gasteiger partial charge in [0.2, 0.25) is 5.95 Å². The molecule has 0 radical (unpaired) electrons. The molecule has 1 fully saturated rings. The van der Waals surface area contributed by atoms with Gasteiger partial charge in [0.15, 0.2) is 5.65 Å². The summed E-state index contributed by atoms with van der Waals surface area (Å²) >= 11 is 0. The number of ether oxygens (including phenoxy) is 1. The highest BCUT2D eigenvalue weighted by Crippen LogP contribution is 2.22. The van der Waals surface area contributed by atoms with Gasteiger partial charge in [-0.2, -0.15) is 4.98 Å². The minimum atomic E-state index is 0.607. The van der Waals surface area contributed by atoms with Gasteiger partial charge in [-0.1, -0.05) is 6.07 Å². The van der Waals surface area contributed by atoms with Crippen LogP contribution in [0.3, 0.4) is 0 Å². The first-order valence-electron chi connectivity index (χ1n) is 7.68. The Morgan fingerprint density at radius 1 is 1.13 bits per heavy atom. The molecule has 3 aromatic rings. The summed E-state index contributed by atoms with van der Waals surface area (Å²) in [5.74, 6) is 1.59. The Kier molecular flexibility index (Phi) is 3.55.